The van der Waals surface area contributed by atoms with E-state index in [0.717, 1.165) is 6.42 Å². The highest BCUT2D eigenvalue weighted by Crippen LogP contribution is 2.14. The Balaban J connectivity index is 2.19. The number of aryl methyl sites for hydroxylation is 1. The zero-order valence-corrected chi connectivity index (χ0v) is 11.5. The molecule has 7 nitrogen and oxygen atoms in total. The minimum absolute atomic E-state index is 0.0584. The van der Waals surface area contributed by atoms with Crippen molar-refractivity contribution < 1.29 is 9.53 Å². The summed E-state index contributed by atoms with van der Waals surface area (Å²) in [5.74, 6) is 0.325. The third-order valence-corrected chi connectivity index (χ3v) is 3.49. The zero-order chi connectivity index (χ0) is 13.8. The first-order valence-electron chi connectivity index (χ1n) is 6.63. The molecule has 0 aromatic carbocycles. The van der Waals surface area contributed by atoms with Crippen LogP contribution in [0.4, 0.5) is 0 Å². The van der Waals surface area contributed by atoms with Crippen molar-refractivity contribution in [1.29, 1.82) is 0 Å². The number of ether oxygens (including phenoxy) is 1. The lowest BCUT2D eigenvalue weighted by Crippen LogP contribution is -2.37. The molecule has 2 rings (SSSR count). The van der Waals surface area contributed by atoms with Crippen LogP contribution in [-0.2, 0) is 18.3 Å². The van der Waals surface area contributed by atoms with Gasteiger partial charge in [0.1, 0.15) is 5.69 Å². The van der Waals surface area contributed by atoms with E-state index in [1.165, 1.54) is 4.68 Å². The zero-order valence-electron chi connectivity index (χ0n) is 11.5. The summed E-state index contributed by atoms with van der Waals surface area (Å²) < 4.78 is 7.02. The van der Waals surface area contributed by atoms with Gasteiger partial charge in [-0.25, -0.2) is 4.68 Å². The van der Waals surface area contributed by atoms with Gasteiger partial charge < -0.3 is 15.4 Å². The maximum atomic E-state index is 12.6. The van der Waals surface area contributed by atoms with Crippen molar-refractivity contribution in [2.75, 3.05) is 26.3 Å². The summed E-state index contributed by atoms with van der Waals surface area (Å²) >= 11 is 0. The Kier molecular flexibility index (Phi) is 4.49. The molecule has 106 valence electrons. The Hall–Kier alpha value is -1.47. The molecule has 0 aliphatic carbocycles. The molecule has 2 heterocycles. The summed E-state index contributed by atoms with van der Waals surface area (Å²) in [7, 11) is 1.71. The van der Waals surface area contributed by atoms with Gasteiger partial charge in [0.25, 0.3) is 5.91 Å². The van der Waals surface area contributed by atoms with E-state index < -0.39 is 0 Å². The Morgan fingerprint density at radius 3 is 3.05 bits per heavy atom. The fourth-order valence-corrected chi connectivity index (χ4v) is 2.26. The molecule has 7 heteroatoms. The number of rotatable bonds is 3. The summed E-state index contributed by atoms with van der Waals surface area (Å²) in [4.78, 5) is 14.4. The number of amides is 1. The Morgan fingerprint density at radius 2 is 2.37 bits per heavy atom. The van der Waals surface area contributed by atoms with Crippen molar-refractivity contribution >= 4 is 5.91 Å². The standard InChI is InChI=1S/C12H21N5O2/c1-3-9-7-17(4-5-19-8-9)12(18)11-10(6-13)14-15-16(11)2/h9H,3-8,13H2,1-2H3. The van der Waals surface area contributed by atoms with Crippen LogP contribution in [0.1, 0.15) is 29.5 Å². The van der Waals surface area contributed by atoms with E-state index >= 15 is 0 Å². The van der Waals surface area contributed by atoms with Crippen LogP contribution in [0.3, 0.4) is 0 Å². The summed E-state index contributed by atoms with van der Waals surface area (Å²) in [6.45, 7) is 4.93. The second-order valence-corrected chi connectivity index (χ2v) is 4.81. The number of carbonyl (C=O) groups excluding carboxylic acids is 1. The lowest BCUT2D eigenvalue weighted by atomic mass is 10.1. The van der Waals surface area contributed by atoms with E-state index in [0.29, 0.717) is 43.6 Å². The first-order valence-corrected chi connectivity index (χ1v) is 6.63. The lowest BCUT2D eigenvalue weighted by molar-refractivity contribution is 0.0725. The molecule has 1 aromatic heterocycles. The van der Waals surface area contributed by atoms with Crippen LogP contribution >= 0.6 is 0 Å². The van der Waals surface area contributed by atoms with Crippen LogP contribution in [0, 0.1) is 5.92 Å². The van der Waals surface area contributed by atoms with Crippen molar-refractivity contribution in [3.05, 3.63) is 11.4 Å². The predicted octanol–water partition coefficient (Wildman–Crippen LogP) is -0.228. The molecule has 0 bridgehead atoms. The molecular formula is C12H21N5O2. The van der Waals surface area contributed by atoms with Crippen molar-refractivity contribution in [3.63, 3.8) is 0 Å². The van der Waals surface area contributed by atoms with Gasteiger partial charge in [0, 0.05) is 26.7 Å². The fraction of sp³-hybridized carbons (Fsp3) is 0.750. The fourth-order valence-electron chi connectivity index (χ4n) is 2.26. The first-order chi connectivity index (χ1) is 9.17. The molecule has 19 heavy (non-hydrogen) atoms. The molecule has 1 saturated heterocycles. The number of nitrogens with zero attached hydrogens (tertiary/aromatic N) is 4. The van der Waals surface area contributed by atoms with Crippen LogP contribution in [0.5, 0.6) is 0 Å². The normalized spacial score (nSPS) is 20.4. The molecule has 1 aromatic rings. The Morgan fingerprint density at radius 1 is 1.58 bits per heavy atom. The third kappa shape index (κ3) is 2.93. The molecule has 1 amide bonds. The van der Waals surface area contributed by atoms with E-state index in [-0.39, 0.29) is 12.5 Å². The average Bonchev–Trinajstić information content (AvgIpc) is 2.65. The second-order valence-electron chi connectivity index (χ2n) is 4.81. The number of hydrogen-bond donors (Lipinski definition) is 1. The molecular weight excluding hydrogens is 246 g/mol. The van der Waals surface area contributed by atoms with Crippen molar-refractivity contribution in [2.45, 2.75) is 19.9 Å². The van der Waals surface area contributed by atoms with E-state index in [2.05, 4.69) is 17.2 Å². The third-order valence-electron chi connectivity index (χ3n) is 3.49. The monoisotopic (exact) mass is 267 g/mol. The van der Waals surface area contributed by atoms with Gasteiger partial charge in [0.15, 0.2) is 5.69 Å². The summed E-state index contributed by atoms with van der Waals surface area (Å²) in [5, 5.41) is 7.80. The van der Waals surface area contributed by atoms with Crippen LogP contribution < -0.4 is 5.73 Å². The smallest absolute Gasteiger partial charge is 0.274 e. The van der Waals surface area contributed by atoms with Gasteiger partial charge in [-0.05, 0) is 12.3 Å². The van der Waals surface area contributed by atoms with Gasteiger partial charge >= 0.3 is 0 Å². The number of carbonyl (C=O) groups is 1. The van der Waals surface area contributed by atoms with Crippen molar-refractivity contribution in [3.8, 4) is 0 Å². The van der Waals surface area contributed by atoms with Crippen molar-refractivity contribution in [2.24, 2.45) is 18.7 Å². The first kappa shape index (κ1) is 14.0. The molecule has 1 fully saturated rings. The van der Waals surface area contributed by atoms with E-state index in [1.807, 2.05) is 4.90 Å². The number of nitrogens with two attached hydrogens (primary N) is 1. The second kappa shape index (κ2) is 6.12. The Labute approximate surface area is 112 Å². The predicted molar refractivity (Wildman–Crippen MR) is 69.4 cm³/mol. The maximum Gasteiger partial charge on any atom is 0.274 e. The summed E-state index contributed by atoms with van der Waals surface area (Å²) in [6.07, 6.45) is 0.997. The molecule has 1 unspecified atom stereocenters. The quantitative estimate of drug-likeness (QED) is 0.817. The lowest BCUT2D eigenvalue weighted by Gasteiger charge is -2.23. The van der Waals surface area contributed by atoms with Crippen molar-refractivity contribution in [1.82, 2.24) is 19.9 Å². The average molecular weight is 267 g/mol. The van der Waals surface area contributed by atoms with E-state index in [9.17, 15) is 4.79 Å². The minimum Gasteiger partial charge on any atom is -0.379 e. The highest BCUT2D eigenvalue weighted by molar-refractivity contribution is 5.93. The van der Waals surface area contributed by atoms with E-state index in [1.54, 1.807) is 7.05 Å². The van der Waals surface area contributed by atoms with E-state index in [4.69, 9.17) is 10.5 Å². The van der Waals surface area contributed by atoms with Crippen LogP contribution in [-0.4, -0.2) is 52.1 Å². The molecule has 0 spiro atoms. The van der Waals surface area contributed by atoms with Crippen LogP contribution in [0.2, 0.25) is 0 Å². The molecule has 2 N–H and O–H groups in total. The number of hydrogen-bond acceptors (Lipinski definition) is 5. The van der Waals surface area contributed by atoms with Gasteiger partial charge in [-0.3, -0.25) is 4.79 Å². The van der Waals surface area contributed by atoms with Gasteiger partial charge in [0.2, 0.25) is 0 Å². The highest BCUT2D eigenvalue weighted by atomic mass is 16.5. The van der Waals surface area contributed by atoms with Crippen LogP contribution in [0.25, 0.3) is 0 Å². The SMILES string of the molecule is CCC1COCCN(C(=O)c2c(CN)nnn2C)C1. The molecule has 1 aliphatic rings. The Bertz CT molecular complexity index is 445. The molecule has 1 aliphatic heterocycles. The molecule has 0 saturated carbocycles. The molecule has 1 atom stereocenters. The summed E-state index contributed by atoms with van der Waals surface area (Å²) in [6, 6.07) is 0. The maximum absolute atomic E-state index is 12.6. The molecule has 0 radical (unpaired) electrons. The highest BCUT2D eigenvalue weighted by Gasteiger charge is 2.26. The van der Waals surface area contributed by atoms with Gasteiger partial charge in [0.05, 0.1) is 13.2 Å². The summed E-state index contributed by atoms with van der Waals surface area (Å²) in [5.41, 5.74) is 6.64. The largest absolute Gasteiger partial charge is 0.379 e. The van der Waals surface area contributed by atoms with Crippen LogP contribution in [0.15, 0.2) is 0 Å². The van der Waals surface area contributed by atoms with Gasteiger partial charge in [-0.2, -0.15) is 0 Å². The topological polar surface area (TPSA) is 86.3 Å². The van der Waals surface area contributed by atoms with Gasteiger partial charge in [-0.15, -0.1) is 5.10 Å². The number of aromatic nitrogens is 3. The minimum atomic E-state index is -0.0584. The van der Waals surface area contributed by atoms with Gasteiger partial charge in [-0.1, -0.05) is 12.1 Å².